The Morgan fingerprint density at radius 3 is 2.76 bits per heavy atom. The molecule has 1 aromatic heterocycles. The molecule has 1 aliphatic rings. The summed E-state index contributed by atoms with van der Waals surface area (Å²) in [6.45, 7) is 4.26. The molecule has 0 aliphatic heterocycles. The number of hydrogen-bond acceptors (Lipinski definition) is 7. The molecular formula is C14H21N3O3S. The minimum atomic E-state index is -0.535. The van der Waals surface area contributed by atoms with Gasteiger partial charge in [-0.3, -0.25) is 0 Å². The summed E-state index contributed by atoms with van der Waals surface area (Å²) in [6.07, 6.45) is 4.22. The maximum Gasteiger partial charge on any atom is 0.362 e. The number of carbonyl (C=O) groups excluding carboxylic acids is 1. The van der Waals surface area contributed by atoms with Gasteiger partial charge in [-0.2, -0.15) is 0 Å². The van der Waals surface area contributed by atoms with E-state index in [2.05, 4.69) is 17.1 Å². The van der Waals surface area contributed by atoms with Crippen molar-refractivity contribution in [2.45, 2.75) is 45.6 Å². The van der Waals surface area contributed by atoms with Crippen LogP contribution in [0.3, 0.4) is 0 Å². The van der Waals surface area contributed by atoms with E-state index >= 15 is 0 Å². The molecule has 2 N–H and O–H groups in total. The molecule has 21 heavy (non-hydrogen) atoms. The van der Waals surface area contributed by atoms with Gasteiger partial charge in [-0.25, -0.2) is 9.78 Å². The molecule has 1 aliphatic carbocycles. The van der Waals surface area contributed by atoms with Crippen LogP contribution < -0.4 is 5.73 Å². The molecular weight excluding hydrogens is 290 g/mol. The van der Waals surface area contributed by atoms with Gasteiger partial charge < -0.3 is 15.3 Å². The van der Waals surface area contributed by atoms with Gasteiger partial charge in [-0.15, -0.1) is 11.3 Å². The molecule has 1 saturated carbocycles. The lowest BCUT2D eigenvalue weighted by Crippen LogP contribution is -2.23. The number of carbonyl (C=O) groups is 1. The molecule has 1 heterocycles. The number of nitrogens with zero attached hydrogens (tertiary/aromatic N) is 2. The molecule has 7 heteroatoms. The van der Waals surface area contributed by atoms with Crippen molar-refractivity contribution in [2.75, 3.05) is 12.3 Å². The third-order valence-corrected chi connectivity index (χ3v) is 4.16. The fourth-order valence-corrected chi connectivity index (χ4v) is 2.79. The van der Waals surface area contributed by atoms with E-state index in [0.717, 1.165) is 31.6 Å². The van der Waals surface area contributed by atoms with E-state index < -0.39 is 5.97 Å². The van der Waals surface area contributed by atoms with Crippen LogP contribution in [0.4, 0.5) is 5.13 Å². The zero-order valence-electron chi connectivity index (χ0n) is 12.4. The fourth-order valence-electron chi connectivity index (χ4n) is 2.25. The van der Waals surface area contributed by atoms with E-state index in [4.69, 9.17) is 15.3 Å². The SMILES string of the molecule is CCOC(=O)C(=NO[C@H]1CC[C@@H](C)CC1)c1csc(N)n1. The largest absolute Gasteiger partial charge is 0.461 e. The lowest BCUT2D eigenvalue weighted by molar-refractivity contribution is -0.135. The molecule has 0 aromatic carbocycles. The van der Waals surface area contributed by atoms with Crippen LogP contribution in [0.1, 0.15) is 45.2 Å². The van der Waals surface area contributed by atoms with E-state index in [1.807, 2.05) is 0 Å². The highest BCUT2D eigenvalue weighted by Gasteiger charge is 2.23. The Hall–Kier alpha value is -1.63. The van der Waals surface area contributed by atoms with Crippen LogP contribution in [0.15, 0.2) is 10.5 Å². The summed E-state index contributed by atoms with van der Waals surface area (Å²) in [4.78, 5) is 21.6. The van der Waals surface area contributed by atoms with E-state index in [9.17, 15) is 4.79 Å². The van der Waals surface area contributed by atoms with Gasteiger partial charge in [-0.05, 0) is 38.5 Å². The second-order valence-electron chi connectivity index (χ2n) is 5.22. The smallest absolute Gasteiger partial charge is 0.362 e. The first-order chi connectivity index (χ1) is 10.1. The number of nitrogen functional groups attached to an aromatic ring is 1. The Bertz CT molecular complexity index is 507. The highest BCUT2D eigenvalue weighted by molar-refractivity contribution is 7.13. The predicted molar refractivity (Wildman–Crippen MR) is 82.2 cm³/mol. The van der Waals surface area contributed by atoms with E-state index in [-0.39, 0.29) is 18.4 Å². The van der Waals surface area contributed by atoms with Crippen molar-refractivity contribution in [1.29, 1.82) is 0 Å². The summed E-state index contributed by atoms with van der Waals surface area (Å²) in [5.74, 6) is 0.198. The Morgan fingerprint density at radius 2 is 2.19 bits per heavy atom. The molecule has 0 spiro atoms. The van der Waals surface area contributed by atoms with Crippen molar-refractivity contribution in [3.63, 3.8) is 0 Å². The van der Waals surface area contributed by atoms with Gasteiger partial charge in [-0.1, -0.05) is 12.1 Å². The molecule has 0 saturated heterocycles. The topological polar surface area (TPSA) is 86.8 Å². The van der Waals surface area contributed by atoms with Crippen molar-refractivity contribution < 1.29 is 14.4 Å². The van der Waals surface area contributed by atoms with Crippen LogP contribution in [0.25, 0.3) is 0 Å². The van der Waals surface area contributed by atoms with E-state index in [0.29, 0.717) is 10.8 Å². The third kappa shape index (κ3) is 4.42. The van der Waals surface area contributed by atoms with Crippen molar-refractivity contribution >= 4 is 28.1 Å². The second-order valence-corrected chi connectivity index (χ2v) is 6.11. The van der Waals surface area contributed by atoms with Gasteiger partial charge in [0.15, 0.2) is 5.13 Å². The summed E-state index contributed by atoms with van der Waals surface area (Å²) in [5, 5.41) is 6.07. The number of hydrogen-bond donors (Lipinski definition) is 1. The van der Waals surface area contributed by atoms with E-state index in [1.165, 1.54) is 11.3 Å². The Labute approximate surface area is 128 Å². The number of nitrogens with two attached hydrogens (primary N) is 1. The van der Waals surface area contributed by atoms with Crippen LogP contribution in [-0.2, 0) is 14.4 Å². The van der Waals surface area contributed by atoms with Gasteiger partial charge >= 0.3 is 5.97 Å². The number of oxime groups is 1. The first-order valence-corrected chi connectivity index (χ1v) is 8.10. The van der Waals surface area contributed by atoms with Crippen molar-refractivity contribution in [3.8, 4) is 0 Å². The molecule has 0 unspecified atom stereocenters. The van der Waals surface area contributed by atoms with Crippen molar-refractivity contribution in [3.05, 3.63) is 11.1 Å². The van der Waals surface area contributed by atoms with Gasteiger partial charge in [0, 0.05) is 5.38 Å². The minimum absolute atomic E-state index is 0.0570. The fraction of sp³-hybridized carbons (Fsp3) is 0.643. The molecule has 2 rings (SSSR count). The number of aromatic nitrogens is 1. The number of thiazole rings is 1. The second kappa shape index (κ2) is 7.40. The lowest BCUT2D eigenvalue weighted by Gasteiger charge is -2.24. The highest BCUT2D eigenvalue weighted by atomic mass is 32.1. The quantitative estimate of drug-likeness (QED) is 0.513. The maximum absolute atomic E-state index is 12.0. The average Bonchev–Trinajstić information content (AvgIpc) is 2.88. The van der Waals surface area contributed by atoms with Crippen molar-refractivity contribution in [1.82, 2.24) is 4.98 Å². The molecule has 0 amide bonds. The standard InChI is InChI=1S/C14H21N3O3S/c1-3-19-13(18)12(11-8-21-14(15)16-11)17-20-10-6-4-9(2)5-7-10/h8-10H,3-7H2,1-2H3,(H2,15,16)/t9-,10+. The molecule has 1 aromatic rings. The van der Waals surface area contributed by atoms with Crippen LogP contribution in [-0.4, -0.2) is 29.4 Å². The zero-order valence-corrected chi connectivity index (χ0v) is 13.2. The first kappa shape index (κ1) is 15.8. The molecule has 6 nitrogen and oxygen atoms in total. The predicted octanol–water partition coefficient (Wildman–Crippen LogP) is 2.59. The first-order valence-electron chi connectivity index (χ1n) is 7.22. The minimum Gasteiger partial charge on any atom is -0.461 e. The molecule has 0 radical (unpaired) electrons. The number of ether oxygens (including phenoxy) is 1. The van der Waals surface area contributed by atoms with Crippen LogP contribution in [0, 0.1) is 5.92 Å². The number of rotatable bonds is 5. The molecule has 1 fully saturated rings. The Morgan fingerprint density at radius 1 is 1.48 bits per heavy atom. The molecule has 0 bridgehead atoms. The normalized spacial score (nSPS) is 22.9. The maximum atomic E-state index is 12.0. The van der Waals surface area contributed by atoms with Gasteiger partial charge in [0.1, 0.15) is 11.8 Å². The number of anilines is 1. The van der Waals surface area contributed by atoms with E-state index in [1.54, 1.807) is 12.3 Å². The van der Waals surface area contributed by atoms with Gasteiger partial charge in [0.05, 0.1) is 6.61 Å². The summed E-state index contributed by atoms with van der Waals surface area (Å²) in [6, 6.07) is 0. The Balaban J connectivity index is 2.07. The summed E-state index contributed by atoms with van der Waals surface area (Å²) in [5.41, 5.74) is 6.09. The van der Waals surface area contributed by atoms with Crippen molar-refractivity contribution in [2.24, 2.45) is 11.1 Å². The zero-order chi connectivity index (χ0) is 15.2. The summed E-state index contributed by atoms with van der Waals surface area (Å²) < 4.78 is 5.00. The van der Waals surface area contributed by atoms with Crippen LogP contribution in [0.2, 0.25) is 0 Å². The number of esters is 1. The Kier molecular flexibility index (Phi) is 5.55. The third-order valence-electron chi connectivity index (χ3n) is 3.49. The van der Waals surface area contributed by atoms with Gasteiger partial charge in [0.25, 0.3) is 0 Å². The summed E-state index contributed by atoms with van der Waals surface area (Å²) in [7, 11) is 0. The van der Waals surface area contributed by atoms with Gasteiger partial charge in [0.2, 0.25) is 5.71 Å². The average molecular weight is 311 g/mol. The van der Waals surface area contributed by atoms with Crippen LogP contribution >= 0.6 is 11.3 Å². The lowest BCUT2D eigenvalue weighted by atomic mass is 9.89. The van der Waals surface area contributed by atoms with Crippen LogP contribution in [0.5, 0.6) is 0 Å². The monoisotopic (exact) mass is 311 g/mol. The molecule has 116 valence electrons. The highest BCUT2D eigenvalue weighted by Crippen LogP contribution is 2.26. The molecule has 0 atom stereocenters. The summed E-state index contributed by atoms with van der Waals surface area (Å²) >= 11 is 1.25.